The molecule has 2 rings (SSSR count). The van der Waals surface area contributed by atoms with E-state index in [0.29, 0.717) is 18.0 Å². The fourth-order valence-electron chi connectivity index (χ4n) is 2.76. The number of rotatable bonds is 5. The van der Waals surface area contributed by atoms with Gasteiger partial charge < -0.3 is 5.32 Å². The molecule has 3 atom stereocenters. The number of hydrogen-bond donors (Lipinski definition) is 1. The van der Waals surface area contributed by atoms with Gasteiger partial charge in [0.1, 0.15) is 0 Å². The molecule has 0 aliphatic carbocycles. The Balaban J connectivity index is 2.06. The maximum Gasteiger partial charge on any atom is 0.188 e. The lowest BCUT2D eigenvalue weighted by Crippen LogP contribution is -2.57. The van der Waals surface area contributed by atoms with E-state index in [-0.39, 0.29) is 0 Å². The van der Waals surface area contributed by atoms with Gasteiger partial charge in [0, 0.05) is 25.2 Å². The highest BCUT2D eigenvalue weighted by atomic mass is 15.6. The molecule has 0 spiro atoms. The first kappa shape index (κ1) is 14.4. The zero-order chi connectivity index (χ0) is 13.8. The van der Waals surface area contributed by atoms with E-state index < -0.39 is 0 Å². The van der Waals surface area contributed by atoms with E-state index in [1.807, 2.05) is 7.05 Å². The summed E-state index contributed by atoms with van der Waals surface area (Å²) >= 11 is 0. The minimum atomic E-state index is 0.566. The van der Waals surface area contributed by atoms with Crippen molar-refractivity contribution < 1.29 is 0 Å². The Morgan fingerprint density at radius 1 is 1.42 bits per heavy atom. The summed E-state index contributed by atoms with van der Waals surface area (Å²) in [5.74, 6) is 1.51. The molecule has 19 heavy (non-hydrogen) atoms. The van der Waals surface area contributed by atoms with Gasteiger partial charge in [-0.25, -0.2) is 0 Å². The normalized spacial score (nSPS) is 26.5. The molecule has 0 aromatic carbocycles. The lowest BCUT2D eigenvalue weighted by Gasteiger charge is -2.42. The van der Waals surface area contributed by atoms with Gasteiger partial charge in [0.15, 0.2) is 5.82 Å². The maximum absolute atomic E-state index is 4.31. The Morgan fingerprint density at radius 2 is 2.21 bits per heavy atom. The van der Waals surface area contributed by atoms with Crippen LogP contribution >= 0.6 is 0 Å². The first-order chi connectivity index (χ1) is 9.13. The van der Waals surface area contributed by atoms with E-state index in [0.717, 1.165) is 31.9 Å². The van der Waals surface area contributed by atoms with Gasteiger partial charge in [-0.1, -0.05) is 27.2 Å². The van der Waals surface area contributed by atoms with Crippen LogP contribution in [0.2, 0.25) is 0 Å². The Labute approximate surface area is 115 Å². The number of nitrogens with one attached hydrogen (secondary N) is 1. The van der Waals surface area contributed by atoms with Crippen molar-refractivity contribution in [3.05, 3.63) is 5.82 Å². The number of aryl methyl sites for hydroxylation is 1. The van der Waals surface area contributed by atoms with Gasteiger partial charge >= 0.3 is 0 Å². The minimum Gasteiger partial charge on any atom is -0.311 e. The van der Waals surface area contributed by atoms with Gasteiger partial charge in [-0.15, -0.1) is 10.2 Å². The Hall–Kier alpha value is -1.01. The average Bonchev–Trinajstić information content (AvgIpc) is 2.83. The standard InChI is InChI=1S/C13H26N6/c1-5-10(3)12-7-14-11(6-2)8-19(12)9-13-15-17-18(4)16-13/h10-12,14H,5-9H2,1-4H3. The van der Waals surface area contributed by atoms with Gasteiger partial charge in [-0.3, -0.25) is 4.90 Å². The second-order valence-corrected chi connectivity index (χ2v) is 5.59. The van der Waals surface area contributed by atoms with E-state index in [1.54, 1.807) is 0 Å². The number of hydrogen-bond acceptors (Lipinski definition) is 5. The molecule has 1 aromatic rings. The molecule has 3 unspecified atom stereocenters. The highest BCUT2D eigenvalue weighted by Crippen LogP contribution is 2.20. The predicted octanol–water partition coefficient (Wildman–Crippen LogP) is 0.809. The summed E-state index contributed by atoms with van der Waals surface area (Å²) in [5.41, 5.74) is 0. The Morgan fingerprint density at radius 3 is 2.79 bits per heavy atom. The molecule has 1 saturated heterocycles. The van der Waals surface area contributed by atoms with Crippen LogP contribution in [0.15, 0.2) is 0 Å². The summed E-state index contributed by atoms with van der Waals surface area (Å²) in [6.45, 7) is 9.77. The third kappa shape index (κ3) is 3.51. The smallest absolute Gasteiger partial charge is 0.188 e. The lowest BCUT2D eigenvalue weighted by atomic mass is 9.94. The summed E-state index contributed by atoms with van der Waals surface area (Å²) in [6, 6.07) is 1.15. The van der Waals surface area contributed by atoms with Crippen LogP contribution in [0.25, 0.3) is 0 Å². The lowest BCUT2D eigenvalue weighted by molar-refractivity contribution is 0.0807. The predicted molar refractivity (Wildman–Crippen MR) is 74.5 cm³/mol. The quantitative estimate of drug-likeness (QED) is 0.854. The average molecular weight is 266 g/mol. The highest BCUT2D eigenvalue weighted by Gasteiger charge is 2.30. The van der Waals surface area contributed by atoms with Crippen LogP contribution in [0.1, 0.15) is 39.4 Å². The summed E-state index contributed by atoms with van der Waals surface area (Å²) in [7, 11) is 1.81. The summed E-state index contributed by atoms with van der Waals surface area (Å²) in [5, 5.41) is 16.0. The molecule has 1 aromatic heterocycles. The van der Waals surface area contributed by atoms with Crippen LogP contribution < -0.4 is 5.32 Å². The Kier molecular flexibility index (Phi) is 4.87. The van der Waals surface area contributed by atoms with Crippen LogP contribution in [0.3, 0.4) is 0 Å². The topological polar surface area (TPSA) is 58.9 Å². The van der Waals surface area contributed by atoms with Crippen molar-refractivity contribution in [1.82, 2.24) is 30.4 Å². The zero-order valence-electron chi connectivity index (χ0n) is 12.5. The summed E-state index contributed by atoms with van der Waals surface area (Å²) < 4.78 is 0. The van der Waals surface area contributed by atoms with Gasteiger partial charge in [0.25, 0.3) is 0 Å². The fraction of sp³-hybridized carbons (Fsp3) is 0.923. The fourth-order valence-corrected chi connectivity index (χ4v) is 2.76. The monoisotopic (exact) mass is 266 g/mol. The maximum atomic E-state index is 4.31. The van der Waals surface area contributed by atoms with Crippen molar-refractivity contribution in [2.75, 3.05) is 13.1 Å². The Bertz CT molecular complexity index is 390. The molecule has 1 aliphatic heterocycles. The van der Waals surface area contributed by atoms with Gasteiger partial charge in [-0.2, -0.15) is 4.80 Å². The van der Waals surface area contributed by atoms with Crippen LogP contribution in [-0.2, 0) is 13.6 Å². The van der Waals surface area contributed by atoms with E-state index in [1.165, 1.54) is 11.2 Å². The summed E-state index contributed by atoms with van der Waals surface area (Å²) in [4.78, 5) is 4.06. The molecule has 2 heterocycles. The van der Waals surface area contributed by atoms with Gasteiger partial charge in [0.05, 0.1) is 13.6 Å². The number of aromatic nitrogens is 4. The van der Waals surface area contributed by atoms with Crippen LogP contribution in [-0.4, -0.2) is 50.3 Å². The molecule has 1 aliphatic rings. The molecular weight excluding hydrogens is 240 g/mol. The largest absolute Gasteiger partial charge is 0.311 e. The molecule has 6 heteroatoms. The molecule has 0 amide bonds. The highest BCUT2D eigenvalue weighted by molar-refractivity contribution is 4.90. The van der Waals surface area contributed by atoms with Crippen molar-refractivity contribution in [3.8, 4) is 0 Å². The van der Waals surface area contributed by atoms with Crippen molar-refractivity contribution in [2.24, 2.45) is 13.0 Å². The van der Waals surface area contributed by atoms with Gasteiger partial charge in [-0.05, 0) is 17.6 Å². The van der Waals surface area contributed by atoms with Crippen molar-refractivity contribution >= 4 is 0 Å². The third-order valence-electron chi connectivity index (χ3n) is 4.23. The minimum absolute atomic E-state index is 0.566. The molecular formula is C13H26N6. The first-order valence-corrected chi connectivity index (χ1v) is 7.34. The van der Waals surface area contributed by atoms with E-state index in [2.05, 4.69) is 46.4 Å². The van der Waals surface area contributed by atoms with Crippen LogP contribution in [0.4, 0.5) is 0 Å². The van der Waals surface area contributed by atoms with Crippen LogP contribution in [0.5, 0.6) is 0 Å². The molecule has 108 valence electrons. The second kappa shape index (κ2) is 6.43. The number of nitrogens with zero attached hydrogens (tertiary/aromatic N) is 5. The second-order valence-electron chi connectivity index (χ2n) is 5.59. The zero-order valence-corrected chi connectivity index (χ0v) is 12.5. The summed E-state index contributed by atoms with van der Waals surface area (Å²) in [6.07, 6.45) is 2.37. The molecule has 0 radical (unpaired) electrons. The SMILES string of the molecule is CCC1CN(Cc2nnn(C)n2)C(C(C)CC)CN1. The van der Waals surface area contributed by atoms with Crippen molar-refractivity contribution in [3.63, 3.8) is 0 Å². The number of piperazine rings is 1. The molecule has 6 nitrogen and oxygen atoms in total. The van der Waals surface area contributed by atoms with E-state index in [4.69, 9.17) is 0 Å². The van der Waals surface area contributed by atoms with Crippen LogP contribution in [0, 0.1) is 5.92 Å². The van der Waals surface area contributed by atoms with Crippen molar-refractivity contribution in [2.45, 2.75) is 52.2 Å². The number of tetrazole rings is 1. The van der Waals surface area contributed by atoms with E-state index >= 15 is 0 Å². The van der Waals surface area contributed by atoms with E-state index in [9.17, 15) is 0 Å². The third-order valence-corrected chi connectivity index (χ3v) is 4.23. The molecule has 0 saturated carbocycles. The molecule has 1 fully saturated rings. The first-order valence-electron chi connectivity index (χ1n) is 7.34. The molecule has 0 bridgehead atoms. The van der Waals surface area contributed by atoms with Gasteiger partial charge in [0.2, 0.25) is 0 Å². The van der Waals surface area contributed by atoms with Crippen molar-refractivity contribution in [1.29, 1.82) is 0 Å². The molecule has 1 N–H and O–H groups in total.